The van der Waals surface area contributed by atoms with E-state index >= 15 is 0 Å². The molecule has 22 heavy (non-hydrogen) atoms. The minimum Gasteiger partial charge on any atom is -0.394 e. The SMILES string of the molecule is OC[C@H]1OC(c2ccccc2)O[C@@H]1COCc1ccccc1. The zero-order valence-electron chi connectivity index (χ0n) is 12.3. The number of aliphatic hydroxyl groups excluding tert-OH is 1. The molecule has 1 fully saturated rings. The summed E-state index contributed by atoms with van der Waals surface area (Å²) >= 11 is 0. The summed E-state index contributed by atoms with van der Waals surface area (Å²) in [7, 11) is 0. The second-order valence-electron chi connectivity index (χ2n) is 5.27. The van der Waals surface area contributed by atoms with Crippen molar-refractivity contribution in [2.75, 3.05) is 13.2 Å². The summed E-state index contributed by atoms with van der Waals surface area (Å²) in [4.78, 5) is 0. The van der Waals surface area contributed by atoms with E-state index in [4.69, 9.17) is 14.2 Å². The Morgan fingerprint density at radius 2 is 1.50 bits per heavy atom. The Kier molecular flexibility index (Phi) is 5.19. The third-order valence-corrected chi connectivity index (χ3v) is 3.66. The van der Waals surface area contributed by atoms with Gasteiger partial charge in [-0.15, -0.1) is 0 Å². The number of hydrogen-bond donors (Lipinski definition) is 1. The van der Waals surface area contributed by atoms with Gasteiger partial charge in [0.1, 0.15) is 12.2 Å². The van der Waals surface area contributed by atoms with Gasteiger partial charge < -0.3 is 19.3 Å². The highest BCUT2D eigenvalue weighted by molar-refractivity contribution is 5.17. The van der Waals surface area contributed by atoms with Gasteiger partial charge in [-0.3, -0.25) is 0 Å². The summed E-state index contributed by atoms with van der Waals surface area (Å²) in [6, 6.07) is 19.7. The van der Waals surface area contributed by atoms with Gasteiger partial charge in [0, 0.05) is 5.56 Å². The molecule has 1 aliphatic rings. The summed E-state index contributed by atoms with van der Waals surface area (Å²) < 4.78 is 17.3. The monoisotopic (exact) mass is 300 g/mol. The molecule has 4 nitrogen and oxygen atoms in total. The molecule has 0 aliphatic carbocycles. The average Bonchev–Trinajstić information content (AvgIpc) is 3.00. The van der Waals surface area contributed by atoms with Gasteiger partial charge in [-0.2, -0.15) is 0 Å². The van der Waals surface area contributed by atoms with E-state index in [1.165, 1.54) is 0 Å². The Hall–Kier alpha value is -1.72. The maximum atomic E-state index is 9.46. The Labute approximate surface area is 130 Å². The predicted octanol–water partition coefficient (Wildman–Crippen LogP) is 2.68. The smallest absolute Gasteiger partial charge is 0.184 e. The standard InChI is InChI=1S/C18H20O4/c19-11-16-17(13-20-12-14-7-3-1-4-8-14)22-18(21-16)15-9-5-2-6-10-15/h1-10,16-19H,11-13H2/t16-,17-,18?/m1/s1. The van der Waals surface area contributed by atoms with E-state index in [1.807, 2.05) is 60.7 Å². The lowest BCUT2D eigenvalue weighted by Crippen LogP contribution is -2.30. The van der Waals surface area contributed by atoms with Crippen molar-refractivity contribution in [1.82, 2.24) is 0 Å². The summed E-state index contributed by atoms with van der Waals surface area (Å²) in [5.41, 5.74) is 2.06. The van der Waals surface area contributed by atoms with Crippen molar-refractivity contribution < 1.29 is 19.3 Å². The fraction of sp³-hybridized carbons (Fsp3) is 0.333. The molecule has 0 aromatic heterocycles. The van der Waals surface area contributed by atoms with Gasteiger partial charge in [0.25, 0.3) is 0 Å². The molecule has 3 rings (SSSR count). The van der Waals surface area contributed by atoms with Gasteiger partial charge in [-0.05, 0) is 5.56 Å². The summed E-state index contributed by atoms with van der Waals surface area (Å²) in [6.07, 6.45) is -1.07. The Balaban J connectivity index is 1.54. The third kappa shape index (κ3) is 3.72. The fourth-order valence-electron chi connectivity index (χ4n) is 2.47. The van der Waals surface area contributed by atoms with E-state index in [0.717, 1.165) is 11.1 Å². The van der Waals surface area contributed by atoms with E-state index < -0.39 is 6.29 Å². The molecular weight excluding hydrogens is 280 g/mol. The number of rotatable bonds is 6. The molecule has 116 valence electrons. The largest absolute Gasteiger partial charge is 0.394 e. The van der Waals surface area contributed by atoms with Crippen LogP contribution in [0.25, 0.3) is 0 Å². The lowest BCUT2D eigenvalue weighted by Gasteiger charge is -2.14. The van der Waals surface area contributed by atoms with Gasteiger partial charge in [0.05, 0.1) is 19.8 Å². The van der Waals surface area contributed by atoms with Crippen LogP contribution in [0.2, 0.25) is 0 Å². The van der Waals surface area contributed by atoms with Gasteiger partial charge in [0.15, 0.2) is 6.29 Å². The van der Waals surface area contributed by atoms with Gasteiger partial charge in [-0.1, -0.05) is 60.7 Å². The van der Waals surface area contributed by atoms with Crippen LogP contribution in [-0.4, -0.2) is 30.5 Å². The minimum absolute atomic E-state index is 0.0807. The van der Waals surface area contributed by atoms with E-state index in [9.17, 15) is 5.11 Å². The van der Waals surface area contributed by atoms with Crippen molar-refractivity contribution in [2.24, 2.45) is 0 Å². The highest BCUT2D eigenvalue weighted by Crippen LogP contribution is 2.31. The van der Waals surface area contributed by atoms with E-state index in [1.54, 1.807) is 0 Å². The molecule has 2 aromatic carbocycles. The number of ether oxygens (including phenoxy) is 3. The second-order valence-corrected chi connectivity index (χ2v) is 5.27. The van der Waals surface area contributed by atoms with E-state index in [0.29, 0.717) is 13.2 Å². The molecule has 0 amide bonds. The second kappa shape index (κ2) is 7.51. The van der Waals surface area contributed by atoms with Crippen LogP contribution in [0.15, 0.2) is 60.7 Å². The average molecular weight is 300 g/mol. The lowest BCUT2D eigenvalue weighted by atomic mass is 10.2. The van der Waals surface area contributed by atoms with Crippen molar-refractivity contribution in [2.45, 2.75) is 25.1 Å². The molecular formula is C18H20O4. The van der Waals surface area contributed by atoms with Crippen LogP contribution in [0.1, 0.15) is 17.4 Å². The number of benzene rings is 2. The van der Waals surface area contributed by atoms with Crippen molar-refractivity contribution >= 4 is 0 Å². The topological polar surface area (TPSA) is 47.9 Å². The molecule has 4 heteroatoms. The molecule has 0 radical (unpaired) electrons. The molecule has 3 atom stereocenters. The molecule has 1 N–H and O–H groups in total. The third-order valence-electron chi connectivity index (χ3n) is 3.66. The van der Waals surface area contributed by atoms with Crippen molar-refractivity contribution in [3.8, 4) is 0 Å². The maximum absolute atomic E-state index is 9.46. The van der Waals surface area contributed by atoms with Gasteiger partial charge >= 0.3 is 0 Å². The highest BCUT2D eigenvalue weighted by Gasteiger charge is 2.36. The first kappa shape index (κ1) is 15.2. The molecule has 1 heterocycles. The Morgan fingerprint density at radius 1 is 0.864 bits per heavy atom. The van der Waals surface area contributed by atoms with Crippen LogP contribution in [0, 0.1) is 0 Å². The lowest BCUT2D eigenvalue weighted by molar-refractivity contribution is -0.0810. The van der Waals surface area contributed by atoms with E-state index in [-0.39, 0.29) is 18.8 Å². The molecule has 0 bridgehead atoms. The molecule has 0 saturated carbocycles. The quantitative estimate of drug-likeness (QED) is 0.891. The van der Waals surface area contributed by atoms with Crippen LogP contribution in [0.3, 0.4) is 0 Å². The normalized spacial score (nSPS) is 24.5. The molecule has 0 spiro atoms. The first-order chi connectivity index (χ1) is 10.9. The van der Waals surface area contributed by atoms with Crippen LogP contribution in [0.5, 0.6) is 0 Å². The Morgan fingerprint density at radius 3 is 2.18 bits per heavy atom. The van der Waals surface area contributed by atoms with Gasteiger partial charge in [0.2, 0.25) is 0 Å². The van der Waals surface area contributed by atoms with Gasteiger partial charge in [-0.25, -0.2) is 0 Å². The minimum atomic E-state index is -0.441. The Bertz CT molecular complexity index is 558. The number of aliphatic hydroxyl groups is 1. The predicted molar refractivity (Wildman–Crippen MR) is 82.1 cm³/mol. The van der Waals surface area contributed by atoms with Crippen molar-refractivity contribution in [1.29, 1.82) is 0 Å². The summed E-state index contributed by atoms with van der Waals surface area (Å²) in [5, 5.41) is 9.46. The fourth-order valence-corrected chi connectivity index (χ4v) is 2.47. The first-order valence-electron chi connectivity index (χ1n) is 7.45. The zero-order valence-corrected chi connectivity index (χ0v) is 12.3. The molecule has 2 aromatic rings. The first-order valence-corrected chi connectivity index (χ1v) is 7.45. The molecule has 1 saturated heterocycles. The molecule has 1 unspecified atom stereocenters. The summed E-state index contributed by atoms with van der Waals surface area (Å²) in [6.45, 7) is 0.834. The van der Waals surface area contributed by atoms with Crippen LogP contribution < -0.4 is 0 Å². The highest BCUT2D eigenvalue weighted by atomic mass is 16.7. The van der Waals surface area contributed by atoms with Crippen LogP contribution in [0.4, 0.5) is 0 Å². The summed E-state index contributed by atoms with van der Waals surface area (Å²) in [5.74, 6) is 0. The number of hydrogen-bond acceptors (Lipinski definition) is 4. The van der Waals surface area contributed by atoms with E-state index in [2.05, 4.69) is 0 Å². The maximum Gasteiger partial charge on any atom is 0.184 e. The van der Waals surface area contributed by atoms with Crippen LogP contribution in [-0.2, 0) is 20.8 Å². The van der Waals surface area contributed by atoms with Crippen molar-refractivity contribution in [3.63, 3.8) is 0 Å². The zero-order chi connectivity index (χ0) is 15.2. The van der Waals surface area contributed by atoms with Crippen molar-refractivity contribution in [3.05, 3.63) is 71.8 Å². The molecule has 1 aliphatic heterocycles. The van der Waals surface area contributed by atoms with Crippen LogP contribution >= 0.6 is 0 Å².